The fourth-order valence-electron chi connectivity index (χ4n) is 6.15. The van der Waals surface area contributed by atoms with Crippen molar-refractivity contribution in [3.63, 3.8) is 0 Å². The van der Waals surface area contributed by atoms with E-state index in [2.05, 4.69) is 20.4 Å². The summed E-state index contributed by atoms with van der Waals surface area (Å²) in [4.78, 5) is 23.6. The highest BCUT2D eigenvalue weighted by Crippen LogP contribution is 2.47. The van der Waals surface area contributed by atoms with Gasteiger partial charge in [0.15, 0.2) is 11.0 Å². The summed E-state index contributed by atoms with van der Waals surface area (Å²) < 4.78 is 10.6. The van der Waals surface area contributed by atoms with Gasteiger partial charge < -0.3 is 19.5 Å². The molecule has 2 aromatic carbocycles. The number of nitrogens with zero attached hydrogens (tertiary/aromatic N) is 4. The number of anilines is 1. The molecule has 4 heterocycles. The lowest BCUT2D eigenvalue weighted by atomic mass is 9.76. The first-order chi connectivity index (χ1) is 19.4. The number of fused-ring (bicyclic) bond motifs is 3. The molecule has 8 nitrogen and oxygen atoms in total. The minimum absolute atomic E-state index is 0.317. The number of nitrogens with one attached hydrogen (secondary N) is 1. The van der Waals surface area contributed by atoms with Gasteiger partial charge >= 0.3 is 5.97 Å². The van der Waals surface area contributed by atoms with E-state index in [-0.39, 0.29) is 0 Å². The van der Waals surface area contributed by atoms with Crippen LogP contribution in [0, 0.1) is 0 Å². The summed E-state index contributed by atoms with van der Waals surface area (Å²) in [5.41, 5.74) is 4.17. The maximum atomic E-state index is 11.9. The number of halogens is 3. The van der Waals surface area contributed by atoms with Crippen LogP contribution in [0.1, 0.15) is 59.7 Å². The van der Waals surface area contributed by atoms with Crippen molar-refractivity contribution in [1.29, 1.82) is 0 Å². The van der Waals surface area contributed by atoms with Crippen LogP contribution < -0.4 is 10.2 Å². The van der Waals surface area contributed by atoms with Crippen molar-refractivity contribution in [1.82, 2.24) is 20.4 Å². The molecule has 40 heavy (non-hydrogen) atoms. The number of benzene rings is 2. The maximum absolute atomic E-state index is 11.9. The molecule has 2 atom stereocenters. The number of carbonyl (C=O) groups excluding carboxylic acids is 1. The summed E-state index contributed by atoms with van der Waals surface area (Å²) >= 11 is 19.7. The molecule has 2 aliphatic heterocycles. The number of aromatic nitrogens is 3. The van der Waals surface area contributed by atoms with Crippen LogP contribution >= 0.6 is 34.8 Å². The van der Waals surface area contributed by atoms with Gasteiger partial charge in [0, 0.05) is 41.7 Å². The van der Waals surface area contributed by atoms with Crippen molar-refractivity contribution in [2.75, 3.05) is 12.0 Å². The van der Waals surface area contributed by atoms with E-state index in [0.717, 1.165) is 54.7 Å². The minimum Gasteiger partial charge on any atom is -0.465 e. The number of hydrogen-bond acceptors (Lipinski definition) is 8. The van der Waals surface area contributed by atoms with Gasteiger partial charge in [-0.15, -0.1) is 0 Å². The molecule has 2 aliphatic carbocycles. The normalized spacial score (nSPS) is 21.9. The second kappa shape index (κ2) is 10.2. The molecule has 2 saturated heterocycles. The Bertz CT molecular complexity index is 1610. The van der Waals surface area contributed by atoms with E-state index >= 15 is 0 Å². The highest BCUT2D eigenvalue weighted by atomic mass is 35.5. The van der Waals surface area contributed by atoms with Crippen LogP contribution in [0.4, 0.5) is 5.82 Å². The maximum Gasteiger partial charge on any atom is 0.337 e. The molecule has 4 aliphatic rings. The molecule has 0 spiro atoms. The fraction of sp³-hybridized carbons (Fsp3) is 0.379. The number of piperidine rings is 1. The second-order valence-corrected chi connectivity index (χ2v) is 12.0. The average molecular weight is 599 g/mol. The van der Waals surface area contributed by atoms with Crippen molar-refractivity contribution in [2.45, 2.75) is 62.7 Å². The number of hydrogen-bond donors (Lipinski definition) is 1. The van der Waals surface area contributed by atoms with Crippen LogP contribution in [0.2, 0.25) is 15.2 Å². The van der Waals surface area contributed by atoms with Crippen LogP contribution in [0.3, 0.4) is 0 Å². The van der Waals surface area contributed by atoms with Crippen LogP contribution in [0.15, 0.2) is 40.9 Å². The number of carbonyl (C=O) groups is 1. The van der Waals surface area contributed by atoms with Gasteiger partial charge in [-0.3, -0.25) is 0 Å². The largest absolute Gasteiger partial charge is 0.465 e. The number of esters is 1. The Morgan fingerprint density at radius 3 is 2.50 bits per heavy atom. The molecule has 206 valence electrons. The zero-order valence-electron chi connectivity index (χ0n) is 21.7. The Kier molecular flexibility index (Phi) is 6.62. The molecule has 0 radical (unpaired) electrons. The quantitative estimate of drug-likeness (QED) is 0.232. The van der Waals surface area contributed by atoms with Crippen LogP contribution in [0.25, 0.3) is 22.3 Å². The van der Waals surface area contributed by atoms with E-state index in [1.54, 1.807) is 18.2 Å². The lowest BCUT2D eigenvalue weighted by Crippen LogP contribution is -2.64. The van der Waals surface area contributed by atoms with E-state index in [9.17, 15) is 4.79 Å². The zero-order valence-corrected chi connectivity index (χ0v) is 23.9. The summed E-state index contributed by atoms with van der Waals surface area (Å²) in [5.74, 6) is 1.63. The molecule has 2 bridgehead atoms. The topological polar surface area (TPSA) is 93.4 Å². The molecule has 4 aromatic rings. The van der Waals surface area contributed by atoms with Crippen molar-refractivity contribution < 1.29 is 14.1 Å². The van der Waals surface area contributed by atoms with Crippen molar-refractivity contribution in [2.24, 2.45) is 0 Å². The third-order valence-corrected chi connectivity index (χ3v) is 9.13. The van der Waals surface area contributed by atoms with Crippen LogP contribution in [0.5, 0.6) is 0 Å². The lowest BCUT2D eigenvalue weighted by molar-refractivity contribution is 0.0601. The summed E-state index contributed by atoms with van der Waals surface area (Å²) in [5, 5.41) is 9.66. The lowest BCUT2D eigenvalue weighted by Gasteiger charge is -2.56. The van der Waals surface area contributed by atoms with Crippen molar-refractivity contribution >= 4 is 57.6 Å². The van der Waals surface area contributed by atoms with Gasteiger partial charge in [-0.2, -0.15) is 0 Å². The summed E-state index contributed by atoms with van der Waals surface area (Å²) in [6, 6.07) is 11.6. The first kappa shape index (κ1) is 26.0. The van der Waals surface area contributed by atoms with E-state index in [1.807, 2.05) is 18.2 Å². The molecule has 1 N–H and O–H groups in total. The van der Waals surface area contributed by atoms with Gasteiger partial charge in [-0.1, -0.05) is 46.0 Å². The Morgan fingerprint density at radius 1 is 1.05 bits per heavy atom. The number of ether oxygens (including phenoxy) is 1. The number of rotatable bonds is 7. The zero-order chi connectivity index (χ0) is 27.5. The molecule has 2 aromatic heterocycles. The van der Waals surface area contributed by atoms with Gasteiger partial charge in [0.1, 0.15) is 11.5 Å². The first-order valence-corrected chi connectivity index (χ1v) is 14.5. The van der Waals surface area contributed by atoms with Gasteiger partial charge in [0.2, 0.25) is 0 Å². The van der Waals surface area contributed by atoms with Gasteiger partial charge in [0.05, 0.1) is 33.8 Å². The molecule has 2 unspecified atom stereocenters. The Labute approximate surface area is 245 Å². The molecular formula is C29H26Cl3N5O3. The van der Waals surface area contributed by atoms with Crippen molar-refractivity contribution in [3.05, 3.63) is 68.5 Å². The Hall–Kier alpha value is -2.91. The number of methoxy groups -OCH3 is 1. The van der Waals surface area contributed by atoms with Crippen molar-refractivity contribution in [3.8, 4) is 11.3 Å². The standard InChI is InChI=1S/C29H26Cl3N5O3/c1-39-29(38)15-7-8-22-23(9-15)34-27(32)28(35-22)37-17-10-16(11-18(37)12-17)33-13-19-25(36-40-26(19)14-5-6-14)24-20(30)3-2-4-21(24)31/h2-4,7-9,14,16-18,33H,5-6,10-13H2,1H3. The van der Waals surface area contributed by atoms with Gasteiger partial charge in [-0.05, 0) is 62.4 Å². The summed E-state index contributed by atoms with van der Waals surface area (Å²) in [7, 11) is 1.35. The van der Waals surface area contributed by atoms with Gasteiger partial charge in [-0.25, -0.2) is 14.8 Å². The fourth-order valence-corrected chi connectivity index (χ4v) is 6.95. The van der Waals surface area contributed by atoms with Gasteiger partial charge in [0.25, 0.3) is 0 Å². The van der Waals surface area contributed by atoms with E-state index in [1.165, 1.54) is 7.11 Å². The molecule has 0 amide bonds. The van der Waals surface area contributed by atoms with E-state index in [4.69, 9.17) is 49.0 Å². The predicted molar refractivity (Wildman–Crippen MR) is 154 cm³/mol. The predicted octanol–water partition coefficient (Wildman–Crippen LogP) is 6.81. The smallest absolute Gasteiger partial charge is 0.337 e. The Morgan fingerprint density at radius 2 is 1.80 bits per heavy atom. The van der Waals surface area contributed by atoms with E-state index in [0.29, 0.717) is 68.2 Å². The highest BCUT2D eigenvalue weighted by molar-refractivity contribution is 6.39. The molecule has 4 fully saturated rings. The monoisotopic (exact) mass is 597 g/mol. The van der Waals surface area contributed by atoms with Crippen LogP contribution in [-0.2, 0) is 11.3 Å². The molecule has 11 heteroatoms. The third kappa shape index (κ3) is 4.51. The third-order valence-electron chi connectivity index (χ3n) is 8.25. The molecule has 2 saturated carbocycles. The highest BCUT2D eigenvalue weighted by Gasteiger charge is 2.47. The average Bonchev–Trinajstić information content (AvgIpc) is 3.71. The molecule has 8 rings (SSSR count). The van der Waals surface area contributed by atoms with Crippen LogP contribution in [-0.4, -0.2) is 46.3 Å². The Balaban J connectivity index is 1.08. The van der Waals surface area contributed by atoms with E-state index < -0.39 is 5.97 Å². The summed E-state index contributed by atoms with van der Waals surface area (Å²) in [6.45, 7) is 0.634. The minimum atomic E-state index is -0.419. The second-order valence-electron chi connectivity index (χ2n) is 10.8. The summed E-state index contributed by atoms with van der Waals surface area (Å²) in [6.07, 6.45) is 5.23. The first-order valence-electron chi connectivity index (χ1n) is 13.4. The SMILES string of the molecule is COC(=O)c1ccc2nc(N3C4CC(NCc5c(-c6c(Cl)cccc6Cl)noc5C5CC5)CC3C4)c(Cl)nc2c1. The molecular weight excluding hydrogens is 573 g/mol.